The van der Waals surface area contributed by atoms with Gasteiger partial charge in [0.15, 0.2) is 4.34 Å². The van der Waals surface area contributed by atoms with Crippen LogP contribution in [0.15, 0.2) is 52.9 Å². The van der Waals surface area contributed by atoms with E-state index in [9.17, 15) is 4.79 Å². The average Bonchev–Trinajstić information content (AvgIpc) is 3.18. The smallest absolute Gasteiger partial charge is 0.230 e. The van der Waals surface area contributed by atoms with Gasteiger partial charge in [0, 0.05) is 12.2 Å². The van der Waals surface area contributed by atoms with Gasteiger partial charge in [0.1, 0.15) is 5.75 Å². The zero-order valence-corrected chi connectivity index (χ0v) is 18.3. The molecule has 0 atom stereocenters. The lowest BCUT2D eigenvalue weighted by atomic mass is 10.0. The molecule has 0 fully saturated rings. The molecular weight excluding hydrogens is 404 g/mol. The summed E-state index contributed by atoms with van der Waals surface area (Å²) in [6, 6.07) is 15.9. The number of anilines is 2. The Morgan fingerprint density at radius 3 is 2.48 bits per heavy atom. The summed E-state index contributed by atoms with van der Waals surface area (Å²) in [5, 5.41) is 15.2. The number of carbonyl (C=O) groups excluding carboxylic acids is 1. The molecule has 1 heterocycles. The molecule has 8 heteroatoms. The molecule has 0 saturated carbocycles. The number of hydrogen-bond donors (Lipinski definition) is 2. The minimum atomic E-state index is -0.0419. The fraction of sp³-hybridized carbons (Fsp3) is 0.286. The summed E-state index contributed by atoms with van der Waals surface area (Å²) in [4.78, 5) is 12.1. The van der Waals surface area contributed by atoms with Gasteiger partial charge in [-0.15, -0.1) is 10.2 Å². The number of aromatic nitrogens is 2. The number of rotatable bonds is 9. The van der Waals surface area contributed by atoms with Crippen LogP contribution in [0, 0.1) is 0 Å². The first-order valence-corrected chi connectivity index (χ1v) is 11.1. The van der Waals surface area contributed by atoms with Crippen LogP contribution in [0.1, 0.15) is 30.9 Å². The van der Waals surface area contributed by atoms with Gasteiger partial charge in [0.2, 0.25) is 11.0 Å². The lowest BCUT2D eigenvalue weighted by molar-refractivity contribution is -0.118. The fourth-order valence-corrected chi connectivity index (χ4v) is 4.12. The summed E-state index contributed by atoms with van der Waals surface area (Å²) in [6.45, 7) is 4.83. The summed E-state index contributed by atoms with van der Waals surface area (Å²) in [5.41, 5.74) is 3.29. The van der Waals surface area contributed by atoms with E-state index in [0.29, 0.717) is 23.3 Å². The SMILES string of the molecule is COc1ccc(CNC(=O)CSc2nnc(Nc3ccc(C(C)C)cc3)s2)cc1. The highest BCUT2D eigenvalue weighted by Gasteiger charge is 2.09. The highest BCUT2D eigenvalue weighted by molar-refractivity contribution is 8.01. The van der Waals surface area contributed by atoms with Crippen LogP contribution in [-0.4, -0.2) is 29.0 Å². The second kappa shape index (κ2) is 10.3. The maximum absolute atomic E-state index is 12.1. The Kier molecular flexibility index (Phi) is 7.48. The molecule has 0 saturated heterocycles. The Bertz CT molecular complexity index is 925. The first kappa shape index (κ1) is 21.1. The maximum atomic E-state index is 12.1. The molecule has 3 aromatic rings. The molecule has 29 heavy (non-hydrogen) atoms. The van der Waals surface area contributed by atoms with Crippen molar-refractivity contribution in [2.45, 2.75) is 30.6 Å². The van der Waals surface area contributed by atoms with Gasteiger partial charge in [-0.25, -0.2) is 0 Å². The standard InChI is InChI=1S/C21H24N4O2S2/c1-14(2)16-6-8-17(9-7-16)23-20-24-25-21(29-20)28-13-19(26)22-12-15-4-10-18(27-3)11-5-15/h4-11,14H,12-13H2,1-3H3,(H,22,26)(H,23,24). The summed E-state index contributed by atoms with van der Waals surface area (Å²) in [5.74, 6) is 1.56. The van der Waals surface area contributed by atoms with Crippen LogP contribution in [0.5, 0.6) is 5.75 Å². The lowest BCUT2D eigenvalue weighted by Gasteiger charge is -2.07. The molecule has 2 aromatic carbocycles. The number of nitrogens with zero attached hydrogens (tertiary/aromatic N) is 2. The van der Waals surface area contributed by atoms with Crippen molar-refractivity contribution < 1.29 is 9.53 Å². The number of carbonyl (C=O) groups is 1. The highest BCUT2D eigenvalue weighted by atomic mass is 32.2. The number of thioether (sulfide) groups is 1. The molecular formula is C21H24N4O2S2. The van der Waals surface area contributed by atoms with E-state index < -0.39 is 0 Å². The van der Waals surface area contributed by atoms with Crippen molar-refractivity contribution in [2.75, 3.05) is 18.2 Å². The van der Waals surface area contributed by atoms with Crippen LogP contribution in [0.4, 0.5) is 10.8 Å². The van der Waals surface area contributed by atoms with Gasteiger partial charge in [-0.2, -0.15) is 0 Å². The molecule has 1 amide bonds. The van der Waals surface area contributed by atoms with Crippen molar-refractivity contribution in [1.82, 2.24) is 15.5 Å². The van der Waals surface area contributed by atoms with Gasteiger partial charge in [0.25, 0.3) is 0 Å². The number of methoxy groups -OCH3 is 1. The monoisotopic (exact) mass is 428 g/mol. The van der Waals surface area contributed by atoms with E-state index in [4.69, 9.17) is 4.74 Å². The van der Waals surface area contributed by atoms with E-state index >= 15 is 0 Å². The van der Waals surface area contributed by atoms with Crippen molar-refractivity contribution in [3.63, 3.8) is 0 Å². The normalized spacial score (nSPS) is 10.8. The number of hydrogen-bond acceptors (Lipinski definition) is 7. The van der Waals surface area contributed by atoms with E-state index in [1.54, 1.807) is 7.11 Å². The third-order valence-corrected chi connectivity index (χ3v) is 6.18. The molecule has 0 aliphatic heterocycles. The topological polar surface area (TPSA) is 76.1 Å². The van der Waals surface area contributed by atoms with Gasteiger partial charge in [0.05, 0.1) is 12.9 Å². The summed E-state index contributed by atoms with van der Waals surface area (Å²) < 4.78 is 5.88. The summed E-state index contributed by atoms with van der Waals surface area (Å²) in [6.07, 6.45) is 0. The largest absolute Gasteiger partial charge is 0.497 e. The number of nitrogens with one attached hydrogen (secondary N) is 2. The van der Waals surface area contributed by atoms with E-state index in [1.165, 1.54) is 28.7 Å². The second-order valence-corrected chi connectivity index (χ2v) is 8.89. The van der Waals surface area contributed by atoms with E-state index in [2.05, 4.69) is 46.8 Å². The zero-order valence-electron chi connectivity index (χ0n) is 16.6. The third-order valence-electron chi connectivity index (χ3n) is 4.21. The Morgan fingerprint density at radius 1 is 1.10 bits per heavy atom. The predicted molar refractivity (Wildman–Crippen MR) is 119 cm³/mol. The molecule has 0 radical (unpaired) electrons. The van der Waals surface area contributed by atoms with Crippen molar-refractivity contribution >= 4 is 39.8 Å². The Labute approximate surface area is 179 Å². The third kappa shape index (κ3) is 6.47. The Hall–Kier alpha value is -2.58. The van der Waals surface area contributed by atoms with Crippen molar-refractivity contribution in [2.24, 2.45) is 0 Å². The minimum Gasteiger partial charge on any atom is -0.497 e. The summed E-state index contributed by atoms with van der Waals surface area (Å²) in [7, 11) is 1.63. The number of benzene rings is 2. The van der Waals surface area contributed by atoms with Gasteiger partial charge in [-0.3, -0.25) is 4.79 Å². The lowest BCUT2D eigenvalue weighted by Crippen LogP contribution is -2.24. The van der Waals surface area contributed by atoms with Gasteiger partial charge in [-0.05, 0) is 41.3 Å². The van der Waals surface area contributed by atoms with Crippen LogP contribution >= 0.6 is 23.1 Å². The Morgan fingerprint density at radius 2 is 1.83 bits per heavy atom. The van der Waals surface area contributed by atoms with Crippen LogP contribution in [0.2, 0.25) is 0 Å². The van der Waals surface area contributed by atoms with Crippen molar-refractivity contribution in [1.29, 1.82) is 0 Å². The fourth-order valence-electron chi connectivity index (χ4n) is 2.52. The maximum Gasteiger partial charge on any atom is 0.230 e. The summed E-state index contributed by atoms with van der Waals surface area (Å²) >= 11 is 2.81. The molecule has 0 spiro atoms. The molecule has 6 nitrogen and oxygen atoms in total. The molecule has 0 bridgehead atoms. The van der Waals surface area contributed by atoms with Crippen LogP contribution < -0.4 is 15.4 Å². The molecule has 3 rings (SSSR count). The molecule has 152 valence electrons. The quantitative estimate of drug-likeness (QED) is 0.476. The highest BCUT2D eigenvalue weighted by Crippen LogP contribution is 2.28. The number of ether oxygens (including phenoxy) is 1. The zero-order chi connectivity index (χ0) is 20.6. The molecule has 0 unspecified atom stereocenters. The molecule has 0 aliphatic rings. The van der Waals surface area contributed by atoms with Crippen LogP contribution in [-0.2, 0) is 11.3 Å². The first-order valence-electron chi connectivity index (χ1n) is 9.26. The second-order valence-electron chi connectivity index (χ2n) is 6.69. The van der Waals surface area contributed by atoms with Crippen LogP contribution in [0.25, 0.3) is 0 Å². The minimum absolute atomic E-state index is 0.0419. The van der Waals surface area contributed by atoms with E-state index in [0.717, 1.165) is 21.3 Å². The van der Waals surface area contributed by atoms with E-state index in [1.807, 2.05) is 36.4 Å². The van der Waals surface area contributed by atoms with E-state index in [-0.39, 0.29) is 5.91 Å². The Balaban J connectivity index is 1.44. The molecule has 0 aliphatic carbocycles. The molecule has 1 aromatic heterocycles. The van der Waals surface area contributed by atoms with Gasteiger partial charge in [-0.1, -0.05) is 61.2 Å². The van der Waals surface area contributed by atoms with Crippen molar-refractivity contribution in [3.05, 3.63) is 59.7 Å². The molecule has 2 N–H and O–H groups in total. The average molecular weight is 429 g/mol. The van der Waals surface area contributed by atoms with Crippen molar-refractivity contribution in [3.8, 4) is 5.75 Å². The van der Waals surface area contributed by atoms with Gasteiger partial charge < -0.3 is 15.4 Å². The predicted octanol–water partition coefficient (Wildman–Crippen LogP) is 4.82. The van der Waals surface area contributed by atoms with Gasteiger partial charge >= 0.3 is 0 Å². The first-order chi connectivity index (χ1) is 14.0. The van der Waals surface area contributed by atoms with Crippen LogP contribution in [0.3, 0.4) is 0 Å². The number of amides is 1.